The molecule has 0 bridgehead atoms. The van der Waals surface area contributed by atoms with E-state index in [1.54, 1.807) is 4.88 Å². The van der Waals surface area contributed by atoms with Gasteiger partial charge in [0.2, 0.25) is 5.95 Å². The Morgan fingerprint density at radius 2 is 2.00 bits per heavy atom. The highest BCUT2D eigenvalue weighted by molar-refractivity contribution is 7.15. The van der Waals surface area contributed by atoms with Gasteiger partial charge in [0, 0.05) is 31.1 Å². The Bertz CT molecular complexity index is 573. The first-order valence-electron chi connectivity index (χ1n) is 7.40. The van der Waals surface area contributed by atoms with Crippen LogP contribution in [0.4, 0.5) is 5.95 Å². The van der Waals surface area contributed by atoms with Crippen molar-refractivity contribution >= 4 is 17.3 Å². The minimum Gasteiger partial charge on any atom is -0.337 e. The molecule has 0 atom stereocenters. The van der Waals surface area contributed by atoms with Gasteiger partial charge in [0.1, 0.15) is 0 Å². The van der Waals surface area contributed by atoms with Crippen LogP contribution < -0.4 is 10.2 Å². The van der Waals surface area contributed by atoms with Crippen molar-refractivity contribution in [3.63, 3.8) is 0 Å². The van der Waals surface area contributed by atoms with E-state index in [-0.39, 0.29) is 0 Å². The number of anilines is 1. The molecule has 3 heterocycles. The molecule has 2 aromatic rings. The van der Waals surface area contributed by atoms with E-state index in [4.69, 9.17) is 0 Å². The fourth-order valence-electron chi connectivity index (χ4n) is 2.98. The molecule has 1 aliphatic carbocycles. The SMILES string of the molecule is c1c(-c2nc(N3CCNCC3)n[nH]2)sc2c1CCCC2. The molecule has 0 unspecified atom stereocenters. The Morgan fingerprint density at radius 1 is 1.15 bits per heavy atom. The number of nitrogens with one attached hydrogen (secondary N) is 2. The molecule has 0 radical (unpaired) electrons. The topological polar surface area (TPSA) is 56.8 Å². The number of nitrogens with zero attached hydrogens (tertiary/aromatic N) is 3. The third kappa shape index (κ3) is 2.23. The summed E-state index contributed by atoms with van der Waals surface area (Å²) in [7, 11) is 0. The Kier molecular flexibility index (Phi) is 3.20. The van der Waals surface area contributed by atoms with Gasteiger partial charge in [-0.3, -0.25) is 5.10 Å². The van der Waals surface area contributed by atoms with Crippen molar-refractivity contribution in [3.05, 3.63) is 16.5 Å². The molecule has 2 N–H and O–H groups in total. The van der Waals surface area contributed by atoms with Crippen LogP contribution in [0.25, 0.3) is 10.7 Å². The van der Waals surface area contributed by atoms with Crippen LogP contribution in [-0.2, 0) is 12.8 Å². The van der Waals surface area contributed by atoms with Crippen LogP contribution >= 0.6 is 11.3 Å². The quantitative estimate of drug-likeness (QED) is 0.885. The first-order chi connectivity index (χ1) is 9.90. The number of aromatic nitrogens is 3. The second-order valence-electron chi connectivity index (χ2n) is 5.49. The molecule has 0 saturated carbocycles. The molecule has 106 valence electrons. The molecule has 1 aliphatic heterocycles. The smallest absolute Gasteiger partial charge is 0.245 e. The molecular formula is C14H19N5S. The van der Waals surface area contributed by atoms with Gasteiger partial charge < -0.3 is 10.2 Å². The zero-order chi connectivity index (χ0) is 13.4. The molecule has 0 aromatic carbocycles. The number of H-pyrrole nitrogens is 1. The van der Waals surface area contributed by atoms with Crippen molar-refractivity contribution < 1.29 is 0 Å². The van der Waals surface area contributed by atoms with Crippen molar-refractivity contribution in [3.8, 4) is 10.7 Å². The Balaban J connectivity index is 1.59. The maximum Gasteiger partial charge on any atom is 0.245 e. The minimum absolute atomic E-state index is 0.841. The summed E-state index contributed by atoms with van der Waals surface area (Å²) in [5, 5.41) is 10.9. The molecule has 0 amide bonds. The Labute approximate surface area is 122 Å². The average molecular weight is 289 g/mol. The number of hydrogen-bond acceptors (Lipinski definition) is 5. The summed E-state index contributed by atoms with van der Waals surface area (Å²) in [6, 6.07) is 2.31. The zero-order valence-corrected chi connectivity index (χ0v) is 12.3. The van der Waals surface area contributed by atoms with E-state index in [0.717, 1.165) is 38.0 Å². The van der Waals surface area contributed by atoms with Crippen molar-refractivity contribution in [1.82, 2.24) is 20.5 Å². The van der Waals surface area contributed by atoms with Gasteiger partial charge >= 0.3 is 0 Å². The number of piperazine rings is 1. The largest absolute Gasteiger partial charge is 0.337 e. The summed E-state index contributed by atoms with van der Waals surface area (Å²) in [5.74, 6) is 1.77. The number of fused-ring (bicyclic) bond motifs is 1. The maximum absolute atomic E-state index is 4.69. The Morgan fingerprint density at radius 3 is 2.85 bits per heavy atom. The number of aromatic amines is 1. The van der Waals surface area contributed by atoms with E-state index in [2.05, 4.69) is 31.5 Å². The van der Waals surface area contributed by atoms with Crippen molar-refractivity contribution in [1.29, 1.82) is 0 Å². The second kappa shape index (κ2) is 5.18. The number of thiophene rings is 1. The predicted molar refractivity (Wildman–Crippen MR) is 81.4 cm³/mol. The van der Waals surface area contributed by atoms with Crippen LogP contribution in [0.3, 0.4) is 0 Å². The fraction of sp³-hybridized carbons (Fsp3) is 0.571. The van der Waals surface area contributed by atoms with E-state index in [1.165, 1.54) is 36.1 Å². The van der Waals surface area contributed by atoms with E-state index in [0.29, 0.717) is 0 Å². The van der Waals surface area contributed by atoms with Gasteiger partial charge in [0.05, 0.1) is 4.88 Å². The lowest BCUT2D eigenvalue weighted by Crippen LogP contribution is -2.44. The number of aryl methyl sites for hydroxylation is 2. The summed E-state index contributed by atoms with van der Waals surface area (Å²) >= 11 is 1.88. The molecule has 5 nitrogen and oxygen atoms in total. The summed E-state index contributed by atoms with van der Waals surface area (Å²) in [6.07, 6.45) is 5.12. The lowest BCUT2D eigenvalue weighted by atomic mass is 9.99. The van der Waals surface area contributed by atoms with Gasteiger partial charge in [-0.15, -0.1) is 16.4 Å². The normalized spacial score (nSPS) is 19.1. The fourth-order valence-corrected chi connectivity index (χ4v) is 4.17. The van der Waals surface area contributed by atoms with Crippen LogP contribution in [0, 0.1) is 0 Å². The van der Waals surface area contributed by atoms with Crippen molar-refractivity contribution in [2.75, 3.05) is 31.1 Å². The van der Waals surface area contributed by atoms with E-state index >= 15 is 0 Å². The van der Waals surface area contributed by atoms with Crippen LogP contribution in [0.1, 0.15) is 23.3 Å². The molecule has 6 heteroatoms. The molecular weight excluding hydrogens is 270 g/mol. The molecule has 4 rings (SSSR count). The lowest BCUT2D eigenvalue weighted by Gasteiger charge is -2.25. The van der Waals surface area contributed by atoms with Crippen LogP contribution in [0.5, 0.6) is 0 Å². The van der Waals surface area contributed by atoms with Crippen molar-refractivity contribution in [2.24, 2.45) is 0 Å². The predicted octanol–water partition coefficient (Wildman–Crippen LogP) is 1.82. The van der Waals surface area contributed by atoms with Crippen molar-refractivity contribution in [2.45, 2.75) is 25.7 Å². The summed E-state index contributed by atoms with van der Waals surface area (Å²) in [6.45, 7) is 3.99. The molecule has 20 heavy (non-hydrogen) atoms. The molecule has 2 aromatic heterocycles. The summed E-state index contributed by atoms with van der Waals surface area (Å²) in [4.78, 5) is 9.72. The van der Waals surface area contributed by atoms with Crippen LogP contribution in [0.2, 0.25) is 0 Å². The highest BCUT2D eigenvalue weighted by atomic mass is 32.1. The van der Waals surface area contributed by atoms with Gasteiger partial charge in [-0.1, -0.05) is 0 Å². The highest BCUT2D eigenvalue weighted by Gasteiger charge is 2.19. The van der Waals surface area contributed by atoms with Gasteiger partial charge in [0.25, 0.3) is 0 Å². The molecule has 0 spiro atoms. The standard InChI is InChI=1S/C14H19N5S/c1-2-4-11-10(3-1)9-12(20-11)13-16-14(18-17-13)19-7-5-15-6-8-19/h9,15H,1-8H2,(H,16,17,18). The molecule has 1 saturated heterocycles. The summed E-state index contributed by atoms with van der Waals surface area (Å²) in [5.41, 5.74) is 1.52. The third-order valence-electron chi connectivity index (χ3n) is 4.10. The monoisotopic (exact) mass is 289 g/mol. The third-order valence-corrected chi connectivity index (χ3v) is 5.35. The van der Waals surface area contributed by atoms with E-state index in [1.807, 2.05) is 11.3 Å². The van der Waals surface area contributed by atoms with Crippen LogP contribution in [0.15, 0.2) is 6.07 Å². The lowest BCUT2D eigenvalue weighted by molar-refractivity contribution is 0.580. The first kappa shape index (κ1) is 12.3. The number of rotatable bonds is 2. The van der Waals surface area contributed by atoms with Gasteiger partial charge in [0.15, 0.2) is 5.82 Å². The zero-order valence-electron chi connectivity index (χ0n) is 11.5. The maximum atomic E-state index is 4.69. The van der Waals surface area contributed by atoms with E-state index in [9.17, 15) is 0 Å². The summed E-state index contributed by atoms with van der Waals surface area (Å²) < 4.78 is 0. The van der Waals surface area contributed by atoms with Gasteiger partial charge in [-0.05, 0) is 37.3 Å². The minimum atomic E-state index is 0.841. The van der Waals surface area contributed by atoms with Gasteiger partial charge in [-0.25, -0.2) is 0 Å². The first-order valence-corrected chi connectivity index (χ1v) is 8.22. The second-order valence-corrected chi connectivity index (χ2v) is 6.62. The Hall–Kier alpha value is -1.40. The highest BCUT2D eigenvalue weighted by Crippen LogP contribution is 2.34. The number of hydrogen-bond donors (Lipinski definition) is 2. The van der Waals surface area contributed by atoms with Gasteiger partial charge in [-0.2, -0.15) is 4.98 Å². The van der Waals surface area contributed by atoms with Crippen LogP contribution in [-0.4, -0.2) is 41.4 Å². The molecule has 1 fully saturated rings. The van der Waals surface area contributed by atoms with E-state index < -0.39 is 0 Å². The molecule has 2 aliphatic rings. The average Bonchev–Trinajstić information content (AvgIpc) is 3.14.